The van der Waals surface area contributed by atoms with Crippen LogP contribution in [0.2, 0.25) is 0 Å². The van der Waals surface area contributed by atoms with Crippen LogP contribution in [-0.4, -0.2) is 59.3 Å². The van der Waals surface area contributed by atoms with Gasteiger partial charge in [0.05, 0.1) is 18.3 Å². The van der Waals surface area contributed by atoms with Gasteiger partial charge in [0.2, 0.25) is 0 Å². The monoisotopic (exact) mass is 534 g/mol. The third-order valence-electron chi connectivity index (χ3n) is 9.70. The van der Waals surface area contributed by atoms with E-state index in [2.05, 4.69) is 9.47 Å². The van der Waals surface area contributed by atoms with Gasteiger partial charge in [0.15, 0.2) is 0 Å². The maximum Gasteiger partial charge on any atom is 0.426 e. The van der Waals surface area contributed by atoms with E-state index in [1.165, 1.54) is 0 Å². The van der Waals surface area contributed by atoms with Crippen molar-refractivity contribution < 1.29 is 67.3 Å². The van der Waals surface area contributed by atoms with E-state index in [1.807, 2.05) is 0 Å². The van der Waals surface area contributed by atoms with Gasteiger partial charge in [-0.25, -0.2) is 0 Å². The first-order valence-corrected chi connectivity index (χ1v) is 11.1. The highest BCUT2D eigenvalue weighted by atomic mass is 19.4. The number of aliphatic hydroxyl groups is 1. The molecule has 6 saturated carbocycles. The second-order valence-electron chi connectivity index (χ2n) is 10.9. The third-order valence-corrected chi connectivity index (χ3v) is 9.70. The topological polar surface area (TPSA) is 38.7 Å². The van der Waals surface area contributed by atoms with Crippen molar-refractivity contribution in [3.63, 3.8) is 0 Å². The fourth-order valence-corrected chi connectivity index (χ4v) is 8.73. The van der Waals surface area contributed by atoms with Gasteiger partial charge in [0, 0.05) is 11.8 Å². The Bertz CT molecular complexity index is 892. The van der Waals surface area contributed by atoms with E-state index in [0.29, 0.717) is 6.42 Å². The van der Waals surface area contributed by atoms with Gasteiger partial charge in [0.1, 0.15) is 0 Å². The normalized spacial score (nSPS) is 49.5. The van der Waals surface area contributed by atoms with Crippen LogP contribution < -0.4 is 0 Å². The molecule has 8 rings (SSSR count). The molecule has 200 valence electrons. The highest BCUT2D eigenvalue weighted by molar-refractivity contribution is 5.31. The van der Waals surface area contributed by atoms with Crippen molar-refractivity contribution in [2.24, 2.45) is 47.3 Å². The van der Waals surface area contributed by atoms with Crippen molar-refractivity contribution in [2.45, 2.75) is 73.5 Å². The van der Waals surface area contributed by atoms with Crippen molar-refractivity contribution in [3.8, 4) is 0 Å². The molecule has 0 spiro atoms. The highest BCUT2D eigenvalue weighted by Gasteiger charge is 2.92. The summed E-state index contributed by atoms with van der Waals surface area (Å²) in [6.07, 6.45) is -24.6. The zero-order chi connectivity index (χ0) is 25.9. The van der Waals surface area contributed by atoms with Gasteiger partial charge < -0.3 is 14.6 Å². The highest BCUT2D eigenvalue weighted by Crippen LogP contribution is 2.83. The Morgan fingerprint density at radius 2 is 1.09 bits per heavy atom. The SMILES string of the molecule is FC(F)(F)C1(C(F)(F)F)OC2C3CC4C2C4C31.OC1C2CC3OC(C(F)(F)F)(C(F)(F)F)C1C3C2. The predicted molar refractivity (Wildman–Crippen MR) is 87.2 cm³/mol. The van der Waals surface area contributed by atoms with Crippen LogP contribution in [0.25, 0.3) is 0 Å². The van der Waals surface area contributed by atoms with Crippen LogP contribution in [0.15, 0.2) is 0 Å². The molecule has 0 amide bonds. The van der Waals surface area contributed by atoms with E-state index in [-0.39, 0.29) is 24.7 Å². The lowest BCUT2D eigenvalue weighted by Gasteiger charge is -2.39. The Labute approximate surface area is 189 Å². The Morgan fingerprint density at radius 3 is 1.49 bits per heavy atom. The molecular formula is C20H18F12O3. The molecule has 11 unspecified atom stereocenters. The Balaban J connectivity index is 0.000000131. The van der Waals surface area contributed by atoms with Gasteiger partial charge in [-0.2, -0.15) is 52.7 Å². The number of rotatable bonds is 0. The van der Waals surface area contributed by atoms with Crippen LogP contribution >= 0.6 is 0 Å². The number of hydrogen-bond donors (Lipinski definition) is 1. The number of halogens is 12. The summed E-state index contributed by atoms with van der Waals surface area (Å²) < 4.78 is 164. The molecular weight excluding hydrogens is 516 g/mol. The van der Waals surface area contributed by atoms with Gasteiger partial charge in [0.25, 0.3) is 11.2 Å². The van der Waals surface area contributed by atoms with E-state index < -0.39 is 89.7 Å². The Hall–Kier alpha value is -0.960. The van der Waals surface area contributed by atoms with E-state index in [1.54, 1.807) is 0 Å². The molecule has 3 nitrogen and oxygen atoms in total. The first-order chi connectivity index (χ1) is 15.8. The summed E-state index contributed by atoms with van der Waals surface area (Å²) in [5, 5.41) is 9.69. The van der Waals surface area contributed by atoms with Crippen LogP contribution in [0.4, 0.5) is 52.7 Å². The van der Waals surface area contributed by atoms with E-state index in [0.717, 1.165) is 0 Å². The molecule has 8 aliphatic rings. The second-order valence-corrected chi connectivity index (χ2v) is 10.9. The largest absolute Gasteiger partial charge is 0.426 e. The van der Waals surface area contributed by atoms with Crippen molar-refractivity contribution >= 4 is 0 Å². The minimum atomic E-state index is -5.57. The first-order valence-electron chi connectivity index (χ1n) is 11.1. The summed E-state index contributed by atoms with van der Waals surface area (Å²) in [6.45, 7) is 0. The smallest absolute Gasteiger partial charge is 0.392 e. The third kappa shape index (κ3) is 2.58. The molecule has 8 fully saturated rings. The number of aliphatic hydroxyl groups excluding tert-OH is 1. The molecule has 11 atom stereocenters. The Morgan fingerprint density at radius 1 is 0.571 bits per heavy atom. The average Bonchev–Trinajstić information content (AvgIpc) is 3.28. The number of hydrogen-bond acceptors (Lipinski definition) is 3. The van der Waals surface area contributed by atoms with Crippen molar-refractivity contribution in [3.05, 3.63) is 0 Å². The molecule has 2 heterocycles. The zero-order valence-electron chi connectivity index (χ0n) is 17.3. The summed E-state index contributed by atoms with van der Waals surface area (Å²) in [5.74, 6) is -5.54. The van der Waals surface area contributed by atoms with Crippen molar-refractivity contribution in [1.82, 2.24) is 0 Å². The molecule has 15 heteroatoms. The average molecular weight is 534 g/mol. The number of alkyl halides is 12. The lowest BCUT2D eigenvalue weighted by molar-refractivity contribution is -0.393. The fraction of sp³-hybridized carbons (Fsp3) is 1.00. The number of fused-ring (bicyclic) bond motifs is 1. The quantitative estimate of drug-likeness (QED) is 0.444. The summed E-state index contributed by atoms with van der Waals surface area (Å²) >= 11 is 0. The lowest BCUT2D eigenvalue weighted by Crippen LogP contribution is -2.62. The van der Waals surface area contributed by atoms with Crippen LogP contribution in [-0.2, 0) is 9.47 Å². The maximum absolute atomic E-state index is 13.0. The van der Waals surface area contributed by atoms with Crippen LogP contribution in [0, 0.1) is 47.3 Å². The summed E-state index contributed by atoms with van der Waals surface area (Å²) in [4.78, 5) is 0. The van der Waals surface area contributed by atoms with E-state index in [4.69, 9.17) is 0 Å². The van der Waals surface area contributed by atoms with E-state index >= 15 is 0 Å². The minimum Gasteiger partial charge on any atom is -0.392 e. The molecule has 0 aromatic rings. The number of ether oxygens (including phenoxy) is 2. The summed E-state index contributed by atoms with van der Waals surface area (Å²) in [7, 11) is 0. The van der Waals surface area contributed by atoms with Gasteiger partial charge in [-0.3, -0.25) is 0 Å². The zero-order valence-corrected chi connectivity index (χ0v) is 17.3. The van der Waals surface area contributed by atoms with E-state index in [9.17, 15) is 57.8 Å². The molecule has 1 N–H and O–H groups in total. The molecule has 2 saturated heterocycles. The lowest BCUT2D eigenvalue weighted by atomic mass is 9.76. The van der Waals surface area contributed by atoms with Gasteiger partial charge in [-0.15, -0.1) is 0 Å². The standard InChI is InChI=1S/C10H10F6O2.C10H8F6O/c11-9(12,13)8(10(14,15)16)6-4-1-3(7(6)17)2-5(4)18-8;11-9(12,13)8(10(14,15)16)6-3-1-2-4(6)5(2)7(3)17-8/h3-7,17H,1-2H2;2-7H,1H2. The molecule has 0 aromatic heterocycles. The van der Waals surface area contributed by atoms with Crippen molar-refractivity contribution in [2.75, 3.05) is 0 Å². The van der Waals surface area contributed by atoms with Crippen LogP contribution in [0.5, 0.6) is 0 Å². The van der Waals surface area contributed by atoms with Gasteiger partial charge in [-0.05, 0) is 54.8 Å². The fourth-order valence-electron chi connectivity index (χ4n) is 8.73. The van der Waals surface area contributed by atoms with Crippen LogP contribution in [0.3, 0.4) is 0 Å². The minimum absolute atomic E-state index is 0.0252. The molecule has 0 aromatic carbocycles. The summed E-state index contributed by atoms with van der Waals surface area (Å²) in [6, 6.07) is 0. The summed E-state index contributed by atoms with van der Waals surface area (Å²) in [5.41, 5.74) is -8.08. The van der Waals surface area contributed by atoms with Gasteiger partial charge in [-0.1, -0.05) is 0 Å². The predicted octanol–water partition coefficient (Wildman–Crippen LogP) is 5.03. The maximum atomic E-state index is 13.0. The molecule has 0 radical (unpaired) electrons. The van der Waals surface area contributed by atoms with Crippen LogP contribution in [0.1, 0.15) is 19.3 Å². The van der Waals surface area contributed by atoms with Gasteiger partial charge >= 0.3 is 24.7 Å². The molecule has 2 aliphatic heterocycles. The molecule has 6 aliphatic carbocycles. The second kappa shape index (κ2) is 6.36. The Kier molecular flexibility index (Phi) is 4.43. The molecule has 35 heavy (non-hydrogen) atoms. The van der Waals surface area contributed by atoms with Crippen molar-refractivity contribution in [1.29, 1.82) is 0 Å². The first kappa shape index (κ1) is 24.4. The molecule has 8 bridgehead atoms.